The van der Waals surface area contributed by atoms with Gasteiger partial charge in [-0.3, -0.25) is 4.98 Å². The van der Waals surface area contributed by atoms with E-state index >= 15 is 0 Å². The van der Waals surface area contributed by atoms with Crippen molar-refractivity contribution in [3.8, 4) is 5.75 Å². The molecule has 1 unspecified atom stereocenters. The molecule has 0 saturated carbocycles. The van der Waals surface area contributed by atoms with Crippen molar-refractivity contribution in [3.05, 3.63) is 112 Å². The topological polar surface area (TPSA) is 76.3 Å². The van der Waals surface area contributed by atoms with Gasteiger partial charge in [-0.05, 0) is 35.7 Å². The summed E-state index contributed by atoms with van der Waals surface area (Å²) in [6.07, 6.45) is 0.412. The summed E-state index contributed by atoms with van der Waals surface area (Å²) in [5.74, 6) is 1.08. The second-order valence-corrected chi connectivity index (χ2v) is 10.3. The van der Waals surface area contributed by atoms with Crippen LogP contribution in [0.15, 0.2) is 79.4 Å². The maximum Gasteiger partial charge on any atom is 0.433 e. The number of benzene rings is 2. The molecular formula is C30H25ClF3N5O2. The predicted octanol–water partition coefficient (Wildman–Crippen LogP) is 6.11. The van der Waals surface area contributed by atoms with Crippen LogP contribution < -0.4 is 9.64 Å². The summed E-state index contributed by atoms with van der Waals surface area (Å²) in [5.41, 5.74) is -0.586. The molecule has 0 spiro atoms. The van der Waals surface area contributed by atoms with Gasteiger partial charge >= 0.3 is 6.18 Å². The number of aryl methyl sites for hydroxylation is 1. The minimum atomic E-state index is -4.62. The summed E-state index contributed by atoms with van der Waals surface area (Å²) in [4.78, 5) is 14.7. The molecule has 3 aromatic heterocycles. The van der Waals surface area contributed by atoms with E-state index in [9.17, 15) is 18.3 Å². The average molecular weight is 580 g/mol. The lowest BCUT2D eigenvalue weighted by molar-refractivity contribution is -0.141. The number of aromatic nitrogens is 4. The Morgan fingerprint density at radius 2 is 1.76 bits per heavy atom. The van der Waals surface area contributed by atoms with Gasteiger partial charge < -0.3 is 19.3 Å². The Morgan fingerprint density at radius 3 is 2.37 bits per heavy atom. The largest absolute Gasteiger partial charge is 0.483 e. The molecule has 6 rings (SSSR count). The summed E-state index contributed by atoms with van der Waals surface area (Å²) < 4.78 is 47.6. The van der Waals surface area contributed by atoms with Crippen molar-refractivity contribution in [1.29, 1.82) is 0 Å². The number of nitrogens with zero attached hydrogens (tertiary/aromatic N) is 5. The number of fused-ring (bicyclic) bond motifs is 1. The number of alkyl halides is 3. The van der Waals surface area contributed by atoms with Crippen LogP contribution in [0.25, 0.3) is 10.9 Å². The first-order valence-corrected chi connectivity index (χ1v) is 13.3. The quantitative estimate of drug-likeness (QED) is 0.251. The number of hydrogen-bond donors (Lipinski definition) is 1. The SMILES string of the molecule is Cn1cncc1C(O)(c1ccc(C(F)(F)F)nc1)c1ccc2nc(N3CCC3)c(OCc3ccccc3)c(Cl)c2c1. The van der Waals surface area contributed by atoms with E-state index in [2.05, 4.69) is 14.9 Å². The number of ether oxygens (including phenoxy) is 1. The minimum absolute atomic E-state index is 0.135. The fourth-order valence-corrected chi connectivity index (χ4v) is 5.25. The Morgan fingerprint density at radius 1 is 1.00 bits per heavy atom. The first-order valence-electron chi connectivity index (χ1n) is 12.9. The fourth-order valence-electron chi connectivity index (χ4n) is 4.96. The Labute approximate surface area is 238 Å². The number of rotatable bonds is 7. The van der Waals surface area contributed by atoms with Crippen molar-refractivity contribution in [2.45, 2.75) is 24.8 Å². The van der Waals surface area contributed by atoms with Crippen LogP contribution in [0.3, 0.4) is 0 Å². The number of aliphatic hydroxyl groups is 1. The minimum Gasteiger partial charge on any atom is -0.483 e. The third-order valence-electron chi connectivity index (χ3n) is 7.32. The van der Waals surface area contributed by atoms with E-state index in [1.807, 2.05) is 30.3 Å². The average Bonchev–Trinajstić information content (AvgIpc) is 3.38. The summed E-state index contributed by atoms with van der Waals surface area (Å²) >= 11 is 7.01. The van der Waals surface area contributed by atoms with Crippen LogP contribution >= 0.6 is 11.6 Å². The molecule has 1 N–H and O–H groups in total. The van der Waals surface area contributed by atoms with Gasteiger partial charge in [0.25, 0.3) is 0 Å². The van der Waals surface area contributed by atoms with Gasteiger partial charge in [0.1, 0.15) is 12.3 Å². The number of hydrogen-bond acceptors (Lipinski definition) is 6. The fraction of sp³-hybridized carbons (Fsp3) is 0.233. The highest BCUT2D eigenvalue weighted by Gasteiger charge is 2.39. The van der Waals surface area contributed by atoms with Crippen LogP contribution in [0.2, 0.25) is 5.02 Å². The van der Waals surface area contributed by atoms with Gasteiger partial charge in [0.2, 0.25) is 0 Å². The van der Waals surface area contributed by atoms with Gasteiger partial charge in [-0.15, -0.1) is 0 Å². The van der Waals surface area contributed by atoms with E-state index < -0.39 is 17.5 Å². The lowest BCUT2D eigenvalue weighted by Crippen LogP contribution is -2.38. The molecule has 1 fully saturated rings. The third-order valence-corrected chi connectivity index (χ3v) is 7.70. The van der Waals surface area contributed by atoms with Gasteiger partial charge in [0.15, 0.2) is 17.2 Å². The molecule has 1 aliphatic heterocycles. The zero-order valence-corrected chi connectivity index (χ0v) is 22.7. The van der Waals surface area contributed by atoms with Crippen LogP contribution in [0, 0.1) is 0 Å². The van der Waals surface area contributed by atoms with Gasteiger partial charge in [0, 0.05) is 37.3 Å². The molecule has 5 aromatic rings. The first kappa shape index (κ1) is 27.0. The molecule has 7 nitrogen and oxygen atoms in total. The zero-order chi connectivity index (χ0) is 28.8. The van der Waals surface area contributed by atoms with Crippen molar-refractivity contribution in [3.63, 3.8) is 0 Å². The number of halogens is 4. The van der Waals surface area contributed by atoms with E-state index in [4.69, 9.17) is 21.3 Å². The second-order valence-electron chi connectivity index (χ2n) is 9.96. The molecule has 41 heavy (non-hydrogen) atoms. The van der Waals surface area contributed by atoms with Crippen LogP contribution in [-0.2, 0) is 25.4 Å². The van der Waals surface area contributed by atoms with Crippen LogP contribution in [0.4, 0.5) is 19.0 Å². The van der Waals surface area contributed by atoms with E-state index in [0.717, 1.165) is 37.3 Å². The third kappa shape index (κ3) is 4.87. The molecule has 4 heterocycles. The molecule has 1 aliphatic rings. The molecule has 210 valence electrons. The molecule has 1 saturated heterocycles. The van der Waals surface area contributed by atoms with E-state index in [-0.39, 0.29) is 12.2 Å². The van der Waals surface area contributed by atoms with E-state index in [1.54, 1.807) is 29.8 Å². The van der Waals surface area contributed by atoms with Gasteiger partial charge in [0.05, 0.1) is 28.8 Å². The number of pyridine rings is 2. The van der Waals surface area contributed by atoms with Crippen LogP contribution in [-0.4, -0.2) is 37.7 Å². The molecule has 2 aromatic carbocycles. The van der Waals surface area contributed by atoms with Crippen molar-refractivity contribution < 1.29 is 23.0 Å². The van der Waals surface area contributed by atoms with Crippen molar-refractivity contribution in [1.82, 2.24) is 19.5 Å². The highest BCUT2D eigenvalue weighted by atomic mass is 35.5. The summed E-state index contributed by atoms with van der Waals surface area (Å²) in [7, 11) is 1.69. The highest BCUT2D eigenvalue weighted by Crippen LogP contribution is 2.44. The van der Waals surface area contributed by atoms with Gasteiger partial charge in [-0.25, -0.2) is 9.97 Å². The van der Waals surface area contributed by atoms with E-state index in [1.165, 1.54) is 18.6 Å². The summed E-state index contributed by atoms with van der Waals surface area (Å²) in [5, 5.41) is 13.1. The summed E-state index contributed by atoms with van der Waals surface area (Å²) in [6, 6.07) is 16.9. The zero-order valence-electron chi connectivity index (χ0n) is 21.9. The molecule has 0 aliphatic carbocycles. The molecule has 1 atom stereocenters. The van der Waals surface area contributed by atoms with Crippen LogP contribution in [0.1, 0.15) is 34.5 Å². The van der Waals surface area contributed by atoms with Gasteiger partial charge in [-0.2, -0.15) is 13.2 Å². The highest BCUT2D eigenvalue weighted by molar-refractivity contribution is 6.37. The van der Waals surface area contributed by atoms with Gasteiger partial charge in [-0.1, -0.05) is 54.1 Å². The Hall–Kier alpha value is -4.15. The maximum absolute atomic E-state index is 13.2. The number of imidazole rings is 1. The lowest BCUT2D eigenvalue weighted by Gasteiger charge is -2.34. The first-order chi connectivity index (χ1) is 19.7. The smallest absolute Gasteiger partial charge is 0.433 e. The molecule has 0 radical (unpaired) electrons. The maximum atomic E-state index is 13.2. The van der Waals surface area contributed by atoms with E-state index in [0.29, 0.717) is 38.8 Å². The molecule has 0 amide bonds. The van der Waals surface area contributed by atoms with Crippen LogP contribution in [0.5, 0.6) is 5.75 Å². The predicted molar refractivity (Wildman–Crippen MR) is 149 cm³/mol. The van der Waals surface area contributed by atoms with Crippen molar-refractivity contribution >= 4 is 28.3 Å². The molecule has 11 heteroatoms. The Balaban J connectivity index is 1.49. The lowest BCUT2D eigenvalue weighted by atomic mass is 9.83. The Kier molecular flexibility index (Phi) is 6.83. The summed E-state index contributed by atoms with van der Waals surface area (Å²) in [6.45, 7) is 1.94. The Bertz CT molecular complexity index is 1710. The number of anilines is 1. The standard InChI is InChI=1S/C30H25ClF3N5O2/c1-38-18-35-16-25(38)29(40,21-9-11-24(36-15-21)30(32,33)34)20-8-10-23-22(14-20)26(31)27(28(37-23)39-12-5-13-39)41-17-19-6-3-2-4-7-19/h2-4,6-11,14-16,18,40H,5,12-13,17H2,1H3. The molecule has 0 bridgehead atoms. The normalized spacial score (nSPS) is 15.0. The van der Waals surface area contributed by atoms with Crippen molar-refractivity contribution in [2.24, 2.45) is 7.05 Å². The molecular weight excluding hydrogens is 555 g/mol. The second kappa shape index (κ2) is 10.4. The van der Waals surface area contributed by atoms with Crippen molar-refractivity contribution in [2.75, 3.05) is 18.0 Å². The monoisotopic (exact) mass is 579 g/mol.